The number of nitro groups is 1. The number of esters is 1. The van der Waals surface area contributed by atoms with E-state index in [4.69, 9.17) is 34.6 Å². The van der Waals surface area contributed by atoms with Crippen LogP contribution in [0.2, 0.25) is 0 Å². The number of nitriles is 1. The summed E-state index contributed by atoms with van der Waals surface area (Å²) in [6.45, 7) is 5.08. The Labute approximate surface area is 379 Å². The number of azo groups is 1. The number of carbonyl (C=O) groups is 3. The van der Waals surface area contributed by atoms with Gasteiger partial charge in [-0.15, -0.1) is 5.11 Å². The van der Waals surface area contributed by atoms with Crippen LogP contribution in [-0.2, 0) is 46.8 Å². The van der Waals surface area contributed by atoms with Crippen LogP contribution in [0.15, 0.2) is 76.0 Å². The van der Waals surface area contributed by atoms with Crippen molar-refractivity contribution in [2.75, 3.05) is 77.8 Å². The lowest BCUT2D eigenvalue weighted by Gasteiger charge is -2.22. The van der Waals surface area contributed by atoms with Gasteiger partial charge in [0.05, 0.1) is 85.9 Å². The quantitative estimate of drug-likeness (QED) is 0.0104. The van der Waals surface area contributed by atoms with Crippen LogP contribution in [0.5, 0.6) is 0 Å². The Bertz CT molecular complexity index is 2140. The monoisotopic (exact) mass is 927 g/mol. The fourth-order valence-corrected chi connectivity index (χ4v) is 7.17. The molecule has 0 aliphatic carbocycles. The van der Waals surface area contributed by atoms with E-state index < -0.39 is 24.8 Å². The number of non-ortho nitro benzene ring substituents is 1. The van der Waals surface area contributed by atoms with Crippen molar-refractivity contribution >= 4 is 64.8 Å². The predicted molar refractivity (Wildman–Crippen MR) is 241 cm³/mol. The standard InChI is InChI=1S/C43H59N8O13P/c1-4-50(35-17-15-34(16-18-35)47-48-39-19-20-40(51(56)57)38-13-6-5-12-37(38)39)25-30-61-49-33(2)11-7-14-42(54)46-24-9-26-59-32-36(31-52)64-65(58,62-28-8-23-44)63-29-10-27-60-43(55)22-21-41(53)45-3/h5-6,12-13,15-20,36,52H,4,7-11,14,21-22,24-32H2,1-3H3,(H,45,53)(H,46,54)/b48-47+,49-33+/i52D. The molecule has 21 nitrogen and oxygen atoms in total. The lowest BCUT2D eigenvalue weighted by atomic mass is 10.1. The Balaban J connectivity index is 1.30. The van der Waals surface area contributed by atoms with Crippen LogP contribution in [0.1, 0.15) is 65.2 Å². The number of aliphatic hydroxyl groups is 1. The van der Waals surface area contributed by atoms with Gasteiger partial charge in [0.2, 0.25) is 13.2 Å². The summed E-state index contributed by atoms with van der Waals surface area (Å²) in [4.78, 5) is 54.2. The summed E-state index contributed by atoms with van der Waals surface area (Å²) in [6, 6.07) is 19.5. The number of likely N-dealkylation sites (N-methyl/N-ethyl adjacent to an activating group) is 1. The van der Waals surface area contributed by atoms with Crippen LogP contribution < -0.4 is 15.5 Å². The van der Waals surface area contributed by atoms with Gasteiger partial charge in [-0.25, -0.2) is 4.57 Å². The Kier molecular flexibility index (Phi) is 24.1. The van der Waals surface area contributed by atoms with Crippen molar-refractivity contribution < 1.29 is 56.9 Å². The molecule has 2 atom stereocenters. The minimum Gasteiger partial charge on any atom is -0.466 e. The normalized spacial score (nSPS) is 13.1. The van der Waals surface area contributed by atoms with E-state index in [0.717, 1.165) is 17.9 Å². The van der Waals surface area contributed by atoms with Gasteiger partial charge in [0.1, 0.15) is 12.7 Å². The Hall–Kier alpha value is -5.88. The summed E-state index contributed by atoms with van der Waals surface area (Å²) in [7, 11) is -2.78. The fraction of sp³-hybridized carbons (Fsp3) is 0.512. The lowest BCUT2D eigenvalue weighted by molar-refractivity contribution is -0.383. The van der Waals surface area contributed by atoms with Gasteiger partial charge in [0, 0.05) is 63.1 Å². The predicted octanol–water partition coefficient (Wildman–Crippen LogP) is 6.97. The molecule has 0 aromatic heterocycles. The highest BCUT2D eigenvalue weighted by Gasteiger charge is 2.31. The van der Waals surface area contributed by atoms with Crippen LogP contribution in [0.3, 0.4) is 0 Å². The Morgan fingerprint density at radius 3 is 2.43 bits per heavy atom. The first kappa shape index (κ1) is 51.8. The SMILES string of the molecule is [2H]OCC(COCCCNC(=O)CCC/C(C)=N/OCCN(CC)c1ccc(/N=N/c2ccc([N+](=O)[O-])c3ccccc23)cc1)OP(=O)(OCCC#N)OCCCOC(=O)CCC(=O)NC. The maximum absolute atomic E-state index is 13.3. The van der Waals surface area contributed by atoms with E-state index in [1.54, 1.807) is 30.3 Å². The molecule has 0 heterocycles. The second-order valence-electron chi connectivity index (χ2n) is 14.2. The van der Waals surface area contributed by atoms with Crippen molar-refractivity contribution in [3.63, 3.8) is 0 Å². The molecule has 0 bridgehead atoms. The first-order chi connectivity index (χ1) is 31.9. The molecule has 0 radical (unpaired) electrons. The third-order valence-electron chi connectivity index (χ3n) is 9.21. The maximum atomic E-state index is 13.3. The summed E-state index contributed by atoms with van der Waals surface area (Å²) in [5.41, 5.74) is 2.90. The van der Waals surface area contributed by atoms with Crippen molar-refractivity contribution in [1.29, 1.82) is 6.69 Å². The van der Waals surface area contributed by atoms with E-state index in [1.165, 1.54) is 13.1 Å². The topological polar surface area (TPSA) is 275 Å². The number of nitrogens with one attached hydrogen (secondary N) is 2. The largest absolute Gasteiger partial charge is 0.475 e. The van der Waals surface area contributed by atoms with Crippen molar-refractivity contribution in [1.82, 2.24) is 10.6 Å². The lowest BCUT2D eigenvalue weighted by Crippen LogP contribution is -2.27. The number of nitrogens with zero attached hydrogens (tertiary/aromatic N) is 6. The van der Waals surface area contributed by atoms with Gasteiger partial charge in [-0.05, 0) is 69.5 Å². The molecule has 3 rings (SSSR count). The van der Waals surface area contributed by atoms with E-state index in [0.29, 0.717) is 61.1 Å². The van der Waals surface area contributed by atoms with Gasteiger partial charge < -0.3 is 35.0 Å². The average Bonchev–Trinajstić information content (AvgIpc) is 3.31. The number of carbonyl (C=O) groups excluding carboxylic acids is 3. The molecule has 0 aliphatic rings. The molecule has 3 aromatic carbocycles. The number of oxime groups is 1. The molecule has 0 fully saturated rings. The number of hydrogen-bond acceptors (Lipinski definition) is 18. The molecule has 0 saturated heterocycles. The second kappa shape index (κ2) is 30.3. The van der Waals surface area contributed by atoms with Gasteiger partial charge in [0.15, 0.2) is 0 Å². The minimum atomic E-state index is -4.24. The Morgan fingerprint density at radius 2 is 1.71 bits per heavy atom. The van der Waals surface area contributed by atoms with E-state index in [2.05, 4.69) is 36.0 Å². The number of benzene rings is 3. The summed E-state index contributed by atoms with van der Waals surface area (Å²) in [6.07, 6.45) is 0.785. The van der Waals surface area contributed by atoms with Crippen molar-refractivity contribution in [3.8, 4) is 6.07 Å². The fourth-order valence-electron chi connectivity index (χ4n) is 5.81. The summed E-state index contributed by atoms with van der Waals surface area (Å²) in [5.74, 6) is -1.01. The number of amides is 2. The van der Waals surface area contributed by atoms with Gasteiger partial charge in [-0.3, -0.25) is 38.1 Å². The molecule has 354 valence electrons. The van der Waals surface area contributed by atoms with E-state index >= 15 is 0 Å². The third-order valence-corrected chi connectivity index (χ3v) is 10.8. The highest BCUT2D eigenvalue weighted by Crippen LogP contribution is 2.50. The summed E-state index contributed by atoms with van der Waals surface area (Å²) < 4.78 is 47.2. The van der Waals surface area contributed by atoms with Crippen LogP contribution in [0.4, 0.5) is 22.7 Å². The number of phosphoric ester groups is 1. The summed E-state index contributed by atoms with van der Waals surface area (Å²) in [5, 5.41) is 44.0. The van der Waals surface area contributed by atoms with Gasteiger partial charge in [0.25, 0.3) is 5.69 Å². The maximum Gasteiger partial charge on any atom is 0.475 e. The van der Waals surface area contributed by atoms with Gasteiger partial charge in [-0.2, -0.15) is 10.4 Å². The van der Waals surface area contributed by atoms with Crippen LogP contribution in [-0.4, -0.2) is 114 Å². The second-order valence-corrected chi connectivity index (χ2v) is 15.8. The van der Waals surface area contributed by atoms with E-state index in [1.807, 2.05) is 44.2 Å². The summed E-state index contributed by atoms with van der Waals surface area (Å²) >= 11 is 0. The van der Waals surface area contributed by atoms with Gasteiger partial charge in [-0.1, -0.05) is 23.4 Å². The number of hydrogen-bond donors (Lipinski definition) is 3. The van der Waals surface area contributed by atoms with Crippen molar-refractivity contribution in [2.24, 2.45) is 15.4 Å². The molecule has 0 aliphatic heterocycles. The first-order valence-corrected chi connectivity index (χ1v) is 22.7. The highest BCUT2D eigenvalue weighted by molar-refractivity contribution is 7.48. The number of ether oxygens (including phenoxy) is 2. The molecule has 65 heavy (non-hydrogen) atoms. The molecular formula is C43H59N8O13P. The number of rotatable bonds is 34. The Morgan fingerprint density at radius 1 is 0.938 bits per heavy atom. The van der Waals surface area contributed by atoms with Crippen LogP contribution in [0.25, 0.3) is 10.8 Å². The van der Waals surface area contributed by atoms with Crippen molar-refractivity contribution in [3.05, 3.63) is 70.8 Å². The number of fused-ring (bicyclic) bond motifs is 1. The van der Waals surface area contributed by atoms with E-state index in [9.17, 15) is 29.1 Å². The molecule has 3 N–H and O–H groups in total. The first-order valence-electron chi connectivity index (χ1n) is 21.6. The van der Waals surface area contributed by atoms with Crippen LogP contribution >= 0.6 is 7.82 Å². The number of phosphoric acid groups is 1. The van der Waals surface area contributed by atoms with Crippen molar-refractivity contribution in [2.45, 2.75) is 71.3 Å². The molecule has 0 spiro atoms. The minimum absolute atomic E-state index is 0.0131. The molecule has 2 amide bonds. The zero-order valence-corrected chi connectivity index (χ0v) is 37.9. The van der Waals surface area contributed by atoms with Gasteiger partial charge >= 0.3 is 13.8 Å². The molecule has 3 aromatic rings. The zero-order valence-electron chi connectivity index (χ0n) is 38.0. The van der Waals surface area contributed by atoms with Crippen LogP contribution in [0, 0.1) is 21.4 Å². The smallest absolute Gasteiger partial charge is 0.466 e. The average molecular weight is 928 g/mol. The molecule has 0 saturated carbocycles. The molecule has 2 unspecified atom stereocenters. The third kappa shape index (κ3) is 20.7. The zero-order chi connectivity index (χ0) is 48.0. The number of aliphatic hydroxyl groups excluding tert-OH is 1. The number of nitro benzene ring substituents is 1. The highest BCUT2D eigenvalue weighted by atomic mass is 31.2. The number of anilines is 1. The molecule has 22 heteroatoms. The van der Waals surface area contributed by atoms with E-state index in [-0.39, 0.29) is 89.2 Å². The molecular weight excluding hydrogens is 867 g/mol.